The van der Waals surface area contributed by atoms with E-state index in [1.807, 2.05) is 30.3 Å². The molecule has 0 fully saturated rings. The summed E-state index contributed by atoms with van der Waals surface area (Å²) in [7, 11) is 0. The molecule has 6 heteroatoms. The Morgan fingerprint density at radius 3 is 2.10 bits per heavy atom. The monoisotopic (exact) mass is 323 g/mol. The molecule has 2 aromatic carbocycles. The molecule has 0 amide bonds. The van der Waals surface area contributed by atoms with Crippen LogP contribution in [0.3, 0.4) is 0 Å². The second-order valence-corrected chi connectivity index (χ2v) is 5.33. The Morgan fingerprint density at radius 2 is 1.45 bits per heavy atom. The Bertz CT molecular complexity index is 733. The molecule has 0 atom stereocenters. The van der Waals surface area contributed by atoms with Crippen LogP contribution in [0, 0.1) is 0 Å². The second kappa shape index (κ2) is 5.44. The average molecular weight is 325 g/mol. The second-order valence-electron chi connectivity index (χ2n) is 4.12. The third kappa shape index (κ3) is 2.52. The molecule has 100 valence electrons. The van der Waals surface area contributed by atoms with Crippen molar-refractivity contribution in [1.29, 1.82) is 0 Å². The Kier molecular flexibility index (Phi) is 3.66. The van der Waals surface area contributed by atoms with E-state index >= 15 is 0 Å². The third-order valence-electron chi connectivity index (χ3n) is 2.76. The fourth-order valence-electron chi connectivity index (χ4n) is 1.94. The van der Waals surface area contributed by atoms with E-state index < -0.39 is 0 Å². The van der Waals surface area contributed by atoms with E-state index in [9.17, 15) is 0 Å². The summed E-state index contributed by atoms with van der Waals surface area (Å²) in [6.07, 6.45) is 0. The van der Waals surface area contributed by atoms with Crippen LogP contribution in [0.4, 0.5) is 0 Å². The van der Waals surface area contributed by atoms with E-state index in [4.69, 9.17) is 34.8 Å². The molecule has 3 aromatic rings. The first-order chi connectivity index (χ1) is 9.65. The molecular weight excluding hydrogens is 317 g/mol. The molecule has 1 heterocycles. The predicted octanol–water partition coefficient (Wildman–Crippen LogP) is 4.89. The van der Waals surface area contributed by atoms with Crippen molar-refractivity contribution in [2.75, 3.05) is 0 Å². The van der Waals surface area contributed by atoms with Gasteiger partial charge in [0, 0.05) is 15.6 Å². The van der Waals surface area contributed by atoms with Crippen molar-refractivity contribution in [2.45, 2.75) is 0 Å². The summed E-state index contributed by atoms with van der Waals surface area (Å²) in [5.74, 6) is 0.633. The van der Waals surface area contributed by atoms with Gasteiger partial charge in [0.1, 0.15) is 0 Å². The van der Waals surface area contributed by atoms with Crippen LogP contribution in [0.25, 0.3) is 17.1 Å². The van der Waals surface area contributed by atoms with E-state index in [1.165, 1.54) is 0 Å². The van der Waals surface area contributed by atoms with Crippen LogP contribution in [0.15, 0.2) is 48.5 Å². The van der Waals surface area contributed by atoms with Crippen LogP contribution in [0.2, 0.25) is 15.3 Å². The highest BCUT2D eigenvalue weighted by molar-refractivity contribution is 6.35. The molecule has 1 aromatic heterocycles. The summed E-state index contributed by atoms with van der Waals surface area (Å²) < 4.78 is 1.70. The first-order valence-electron chi connectivity index (χ1n) is 5.78. The number of hydrogen-bond donors (Lipinski definition) is 0. The number of benzene rings is 2. The van der Waals surface area contributed by atoms with Crippen LogP contribution in [-0.4, -0.2) is 14.8 Å². The number of hydrogen-bond acceptors (Lipinski definition) is 2. The zero-order chi connectivity index (χ0) is 14.1. The highest BCUT2D eigenvalue weighted by atomic mass is 35.5. The fraction of sp³-hybridized carbons (Fsp3) is 0. The van der Waals surface area contributed by atoms with E-state index in [0.717, 1.165) is 11.3 Å². The van der Waals surface area contributed by atoms with Crippen LogP contribution in [-0.2, 0) is 0 Å². The van der Waals surface area contributed by atoms with Crippen molar-refractivity contribution in [3.05, 3.63) is 63.9 Å². The molecule has 0 aliphatic heterocycles. The van der Waals surface area contributed by atoms with Gasteiger partial charge in [-0.15, -0.1) is 10.2 Å². The lowest BCUT2D eigenvalue weighted by molar-refractivity contribution is 1.06. The molecule has 0 radical (unpaired) electrons. The molecule has 0 bridgehead atoms. The highest BCUT2D eigenvalue weighted by Crippen LogP contribution is 2.28. The molecule has 0 unspecified atom stereocenters. The molecule has 20 heavy (non-hydrogen) atoms. The maximum absolute atomic E-state index is 6.14. The minimum atomic E-state index is 0.252. The molecule has 0 saturated carbocycles. The molecule has 0 N–H and O–H groups in total. The van der Waals surface area contributed by atoms with Gasteiger partial charge in [-0.05, 0) is 29.8 Å². The van der Waals surface area contributed by atoms with Gasteiger partial charge in [-0.25, -0.2) is 0 Å². The fourth-order valence-corrected chi connectivity index (χ4v) is 2.67. The summed E-state index contributed by atoms with van der Waals surface area (Å²) >= 11 is 18.2. The van der Waals surface area contributed by atoms with Crippen molar-refractivity contribution < 1.29 is 0 Å². The zero-order valence-electron chi connectivity index (χ0n) is 10.1. The van der Waals surface area contributed by atoms with Gasteiger partial charge in [-0.2, -0.15) is 0 Å². The smallest absolute Gasteiger partial charge is 0.229 e. The minimum Gasteiger partial charge on any atom is -0.266 e. The van der Waals surface area contributed by atoms with E-state index in [0.29, 0.717) is 15.9 Å². The molecule has 0 saturated heterocycles. The molecule has 0 aliphatic carbocycles. The lowest BCUT2D eigenvalue weighted by Gasteiger charge is -2.09. The maximum Gasteiger partial charge on any atom is 0.229 e. The normalized spacial score (nSPS) is 10.8. The van der Waals surface area contributed by atoms with Crippen molar-refractivity contribution in [1.82, 2.24) is 14.8 Å². The lowest BCUT2D eigenvalue weighted by atomic mass is 10.2. The quantitative estimate of drug-likeness (QED) is 0.671. The highest BCUT2D eigenvalue weighted by Gasteiger charge is 2.14. The van der Waals surface area contributed by atoms with Gasteiger partial charge in [-0.1, -0.05) is 53.5 Å². The summed E-state index contributed by atoms with van der Waals surface area (Å²) in [6, 6.07) is 14.8. The topological polar surface area (TPSA) is 30.7 Å². The molecule has 0 spiro atoms. The van der Waals surface area contributed by atoms with Crippen LogP contribution in [0.5, 0.6) is 0 Å². The van der Waals surface area contributed by atoms with Crippen molar-refractivity contribution in [2.24, 2.45) is 0 Å². The number of halogens is 3. The maximum atomic E-state index is 6.14. The third-order valence-corrected chi connectivity index (χ3v) is 3.44. The summed E-state index contributed by atoms with van der Waals surface area (Å²) in [5.41, 5.74) is 1.62. The van der Waals surface area contributed by atoms with Gasteiger partial charge in [0.05, 0.1) is 5.69 Å². The van der Waals surface area contributed by atoms with Crippen molar-refractivity contribution in [3.63, 3.8) is 0 Å². The van der Waals surface area contributed by atoms with Crippen molar-refractivity contribution in [3.8, 4) is 17.1 Å². The average Bonchev–Trinajstić information content (AvgIpc) is 2.80. The van der Waals surface area contributed by atoms with Gasteiger partial charge in [-0.3, -0.25) is 4.57 Å². The number of nitrogens with zero attached hydrogens (tertiary/aromatic N) is 3. The van der Waals surface area contributed by atoms with Gasteiger partial charge in [0.25, 0.3) is 0 Å². The molecular formula is C14H8Cl3N3. The summed E-state index contributed by atoms with van der Waals surface area (Å²) in [5, 5.41) is 9.34. The van der Waals surface area contributed by atoms with E-state index in [1.54, 1.807) is 22.8 Å². The first kappa shape index (κ1) is 13.4. The van der Waals surface area contributed by atoms with E-state index in [-0.39, 0.29) is 5.28 Å². The standard InChI is InChI=1S/C14H8Cl3N3/c15-10-6-11(16)8-12(7-10)20-13(18-19-14(20)17)9-4-2-1-3-5-9/h1-8H. The number of rotatable bonds is 2. The van der Waals surface area contributed by atoms with Crippen LogP contribution >= 0.6 is 34.8 Å². The summed E-state index contributed by atoms with van der Waals surface area (Å²) in [4.78, 5) is 0. The zero-order valence-corrected chi connectivity index (χ0v) is 12.4. The van der Waals surface area contributed by atoms with Gasteiger partial charge in [0.2, 0.25) is 5.28 Å². The van der Waals surface area contributed by atoms with Crippen molar-refractivity contribution >= 4 is 34.8 Å². The Balaban J connectivity index is 2.22. The summed E-state index contributed by atoms with van der Waals surface area (Å²) in [6.45, 7) is 0. The van der Waals surface area contributed by atoms with Crippen LogP contribution in [0.1, 0.15) is 0 Å². The predicted molar refractivity (Wildman–Crippen MR) is 81.8 cm³/mol. The first-order valence-corrected chi connectivity index (χ1v) is 6.91. The van der Waals surface area contributed by atoms with Gasteiger partial charge >= 0.3 is 0 Å². The Labute approximate surface area is 130 Å². The Hall–Kier alpha value is -1.55. The van der Waals surface area contributed by atoms with Crippen LogP contribution < -0.4 is 0 Å². The lowest BCUT2D eigenvalue weighted by Crippen LogP contribution is -1.98. The largest absolute Gasteiger partial charge is 0.266 e. The van der Waals surface area contributed by atoms with Gasteiger partial charge < -0.3 is 0 Å². The molecule has 3 rings (SSSR count). The molecule has 3 nitrogen and oxygen atoms in total. The Morgan fingerprint density at radius 1 is 0.800 bits per heavy atom. The van der Waals surface area contributed by atoms with Gasteiger partial charge in [0.15, 0.2) is 5.82 Å². The SMILES string of the molecule is Clc1cc(Cl)cc(-n2c(Cl)nnc2-c2ccccc2)c1. The molecule has 0 aliphatic rings. The minimum absolute atomic E-state index is 0.252. The van der Waals surface area contributed by atoms with E-state index in [2.05, 4.69) is 10.2 Å². The number of aromatic nitrogens is 3.